The van der Waals surface area contributed by atoms with Crippen LogP contribution in [0.2, 0.25) is 0 Å². The molecule has 0 radical (unpaired) electrons. The third-order valence-corrected chi connectivity index (χ3v) is 14.1. The Labute approximate surface area is 373 Å². The van der Waals surface area contributed by atoms with Crippen LogP contribution in [0, 0.1) is 0 Å². The highest BCUT2D eigenvalue weighted by atomic mass is 16.3. The zero-order valence-corrected chi connectivity index (χ0v) is 35.0. The fourth-order valence-electron chi connectivity index (χ4n) is 11.4. The number of anilines is 3. The predicted octanol–water partition coefficient (Wildman–Crippen LogP) is 15.8. The van der Waals surface area contributed by atoms with Gasteiger partial charge in [-0.05, 0) is 115 Å². The van der Waals surface area contributed by atoms with Crippen LogP contribution in [-0.4, -0.2) is 0 Å². The van der Waals surface area contributed by atoms with Gasteiger partial charge in [0, 0.05) is 27.8 Å². The van der Waals surface area contributed by atoms with Crippen molar-refractivity contribution < 1.29 is 4.42 Å². The first kappa shape index (κ1) is 36.5. The van der Waals surface area contributed by atoms with E-state index in [1.165, 1.54) is 66.8 Å². The molecule has 0 fully saturated rings. The van der Waals surface area contributed by atoms with Gasteiger partial charge in [-0.3, -0.25) is 0 Å². The summed E-state index contributed by atoms with van der Waals surface area (Å²) >= 11 is 0. The topological polar surface area (TPSA) is 16.4 Å². The number of hydrogen-bond acceptors (Lipinski definition) is 2. The molecule has 13 rings (SSSR count). The summed E-state index contributed by atoms with van der Waals surface area (Å²) in [6.07, 6.45) is 0. The fourth-order valence-corrected chi connectivity index (χ4v) is 11.4. The van der Waals surface area contributed by atoms with Crippen LogP contribution in [0.3, 0.4) is 0 Å². The summed E-state index contributed by atoms with van der Waals surface area (Å²) in [5.74, 6) is 0. The number of hydrogen-bond donors (Lipinski definition) is 0. The van der Waals surface area contributed by atoms with Crippen LogP contribution >= 0.6 is 0 Å². The molecule has 64 heavy (non-hydrogen) atoms. The van der Waals surface area contributed by atoms with E-state index in [-0.39, 0.29) is 0 Å². The van der Waals surface area contributed by atoms with Gasteiger partial charge in [0.15, 0.2) is 0 Å². The molecule has 0 atom stereocenters. The Morgan fingerprint density at radius 1 is 0.266 bits per heavy atom. The van der Waals surface area contributed by atoms with Gasteiger partial charge in [-0.15, -0.1) is 0 Å². The average molecular weight is 816 g/mol. The Bertz CT molecular complexity index is 3270. The molecule has 1 heterocycles. The Hall–Kier alpha value is -8.20. The second-order valence-electron chi connectivity index (χ2n) is 17.1. The van der Waals surface area contributed by atoms with E-state index < -0.39 is 10.8 Å². The molecule has 2 nitrogen and oxygen atoms in total. The smallest absolute Gasteiger partial charge is 0.135 e. The molecule has 300 valence electrons. The molecule has 0 spiro atoms. The van der Waals surface area contributed by atoms with E-state index in [4.69, 9.17) is 4.42 Å². The maximum atomic E-state index is 6.35. The van der Waals surface area contributed by atoms with E-state index in [9.17, 15) is 0 Å². The standard InChI is InChI=1S/C62H41NO/c1-3-17-42(18-4-1)61(55-26-12-7-21-49(55)50-22-8-13-27-56(50)61)44-31-35-46(36-32-44)63(48-39-40-60-54(41-48)53-25-11-16-30-59(53)64-60)47-37-33-45(34-38-47)62(43-19-5-2-6-20-43)57-28-14-9-23-51(57)52-24-10-15-29-58(52)62/h1-41H. The number of furan rings is 1. The van der Waals surface area contributed by atoms with Crippen molar-refractivity contribution in [2.24, 2.45) is 0 Å². The minimum Gasteiger partial charge on any atom is -0.456 e. The predicted molar refractivity (Wildman–Crippen MR) is 263 cm³/mol. The molecule has 11 aromatic rings. The third kappa shape index (κ3) is 5.08. The normalized spacial score (nSPS) is 13.9. The second-order valence-corrected chi connectivity index (χ2v) is 17.1. The Morgan fingerprint density at radius 2 is 0.609 bits per heavy atom. The zero-order chi connectivity index (χ0) is 42.2. The van der Waals surface area contributed by atoms with Crippen LogP contribution in [0.15, 0.2) is 253 Å². The van der Waals surface area contributed by atoms with Crippen LogP contribution in [0.5, 0.6) is 0 Å². The van der Waals surface area contributed by atoms with Crippen LogP contribution < -0.4 is 4.90 Å². The minimum atomic E-state index is -0.478. The molecule has 2 aliphatic rings. The molecule has 0 unspecified atom stereocenters. The molecular weight excluding hydrogens is 775 g/mol. The number of nitrogens with zero attached hydrogens (tertiary/aromatic N) is 1. The maximum absolute atomic E-state index is 6.35. The molecule has 0 aliphatic heterocycles. The fraction of sp³-hybridized carbons (Fsp3) is 0.0323. The lowest BCUT2D eigenvalue weighted by Gasteiger charge is -2.35. The van der Waals surface area contributed by atoms with E-state index in [1.807, 2.05) is 12.1 Å². The molecule has 0 N–H and O–H groups in total. The largest absolute Gasteiger partial charge is 0.456 e. The molecule has 0 saturated heterocycles. The van der Waals surface area contributed by atoms with Crippen LogP contribution in [-0.2, 0) is 10.8 Å². The number of fused-ring (bicyclic) bond motifs is 9. The molecular formula is C62H41NO. The van der Waals surface area contributed by atoms with Gasteiger partial charge in [0.25, 0.3) is 0 Å². The summed E-state index contributed by atoms with van der Waals surface area (Å²) in [5.41, 5.74) is 19.4. The van der Waals surface area contributed by atoms with Gasteiger partial charge >= 0.3 is 0 Å². The summed E-state index contributed by atoms with van der Waals surface area (Å²) in [5, 5.41) is 2.20. The number of benzene rings is 10. The molecule has 0 bridgehead atoms. The Balaban J connectivity index is 1.01. The van der Waals surface area contributed by atoms with Gasteiger partial charge in [-0.1, -0.05) is 200 Å². The van der Waals surface area contributed by atoms with Gasteiger partial charge in [0.2, 0.25) is 0 Å². The van der Waals surface area contributed by atoms with Crippen LogP contribution in [0.4, 0.5) is 17.1 Å². The first-order valence-corrected chi connectivity index (χ1v) is 22.2. The lowest BCUT2D eigenvalue weighted by molar-refractivity contribution is 0.669. The highest BCUT2D eigenvalue weighted by molar-refractivity contribution is 6.06. The van der Waals surface area contributed by atoms with Crippen LogP contribution in [0.1, 0.15) is 44.5 Å². The first-order chi connectivity index (χ1) is 31.7. The van der Waals surface area contributed by atoms with Gasteiger partial charge in [0.1, 0.15) is 11.2 Å². The molecule has 0 saturated carbocycles. The summed E-state index contributed by atoms with van der Waals surface area (Å²) in [6.45, 7) is 0. The lowest BCUT2D eigenvalue weighted by atomic mass is 9.67. The summed E-state index contributed by atoms with van der Waals surface area (Å²) in [7, 11) is 0. The number of rotatable bonds is 7. The third-order valence-electron chi connectivity index (χ3n) is 14.1. The van der Waals surface area contributed by atoms with Crippen molar-refractivity contribution in [2.45, 2.75) is 10.8 Å². The Kier molecular flexibility index (Phi) is 8.07. The lowest BCUT2D eigenvalue weighted by Crippen LogP contribution is -2.28. The van der Waals surface area contributed by atoms with Crippen molar-refractivity contribution in [3.63, 3.8) is 0 Å². The maximum Gasteiger partial charge on any atom is 0.135 e. The molecule has 2 aliphatic carbocycles. The monoisotopic (exact) mass is 815 g/mol. The van der Waals surface area contributed by atoms with Crippen molar-refractivity contribution in [1.82, 2.24) is 0 Å². The SMILES string of the molecule is c1ccc(C2(c3ccc(N(c4ccc(C5(c6ccccc6)c6ccccc6-c6ccccc65)cc4)c4ccc5oc6ccccc6c5c4)cc3)c3ccccc3-c3ccccc32)cc1. The zero-order valence-electron chi connectivity index (χ0n) is 35.0. The van der Waals surface area contributed by atoms with Gasteiger partial charge in [-0.25, -0.2) is 0 Å². The Morgan fingerprint density at radius 3 is 1.06 bits per heavy atom. The molecule has 1 aromatic heterocycles. The average Bonchev–Trinajstić information content (AvgIpc) is 4.00. The highest BCUT2D eigenvalue weighted by Gasteiger charge is 2.47. The quantitative estimate of drug-likeness (QED) is 0.159. The van der Waals surface area contributed by atoms with Crippen molar-refractivity contribution in [2.75, 3.05) is 4.90 Å². The molecule has 2 heteroatoms. The van der Waals surface area contributed by atoms with Gasteiger partial charge < -0.3 is 9.32 Å². The van der Waals surface area contributed by atoms with Crippen LogP contribution in [0.25, 0.3) is 44.2 Å². The van der Waals surface area contributed by atoms with E-state index in [0.717, 1.165) is 39.0 Å². The molecule has 0 amide bonds. The minimum absolute atomic E-state index is 0.478. The van der Waals surface area contributed by atoms with E-state index >= 15 is 0 Å². The highest BCUT2D eigenvalue weighted by Crippen LogP contribution is 2.58. The molecule has 10 aromatic carbocycles. The van der Waals surface area contributed by atoms with E-state index in [0.29, 0.717) is 0 Å². The van der Waals surface area contributed by atoms with Crippen molar-refractivity contribution >= 4 is 39.0 Å². The van der Waals surface area contributed by atoms with Gasteiger partial charge in [0.05, 0.1) is 10.8 Å². The summed E-state index contributed by atoms with van der Waals surface area (Å²) < 4.78 is 6.35. The van der Waals surface area contributed by atoms with Crippen molar-refractivity contribution in [3.05, 3.63) is 293 Å². The first-order valence-electron chi connectivity index (χ1n) is 22.2. The van der Waals surface area contributed by atoms with Crippen molar-refractivity contribution in [3.8, 4) is 22.3 Å². The summed E-state index contributed by atoms with van der Waals surface area (Å²) in [4.78, 5) is 2.40. The van der Waals surface area contributed by atoms with Crippen molar-refractivity contribution in [1.29, 1.82) is 0 Å². The summed E-state index contributed by atoms with van der Waals surface area (Å²) in [6, 6.07) is 91.4. The van der Waals surface area contributed by atoms with Gasteiger partial charge in [-0.2, -0.15) is 0 Å². The second kappa shape index (κ2) is 14.2. The number of para-hydroxylation sites is 1. The van der Waals surface area contributed by atoms with E-state index in [1.54, 1.807) is 0 Å². The van der Waals surface area contributed by atoms with E-state index in [2.05, 4.69) is 241 Å².